The smallest absolute Gasteiger partial charge is 0.411 e. The Morgan fingerprint density at radius 1 is 1.26 bits per heavy atom. The first-order valence-electron chi connectivity index (χ1n) is 6.69. The second kappa shape index (κ2) is 7.02. The van der Waals surface area contributed by atoms with Gasteiger partial charge in [0, 0.05) is 5.69 Å². The highest BCUT2D eigenvalue weighted by Gasteiger charge is 2.10. The molecule has 1 atom stereocenters. The highest BCUT2D eigenvalue weighted by molar-refractivity contribution is 5.85. The molecule has 0 heterocycles. The summed E-state index contributed by atoms with van der Waals surface area (Å²) >= 11 is 0. The van der Waals surface area contributed by atoms with Crippen LogP contribution in [-0.2, 0) is 4.74 Å². The summed E-state index contributed by atoms with van der Waals surface area (Å²) in [7, 11) is 0. The fraction of sp³-hybridized carbons (Fsp3) is 0.533. The standard InChI is InChI=1S/C15H23NO3/c1-6-12(5)19-15(17)16-13-8-10(3)14(18-7-2)11(4)9-13/h8-9,12H,6-7H2,1-5H3,(H,16,17). The van der Waals surface area contributed by atoms with Crippen LogP contribution < -0.4 is 10.1 Å². The van der Waals surface area contributed by atoms with Crippen molar-refractivity contribution in [2.45, 2.75) is 47.1 Å². The van der Waals surface area contributed by atoms with Crippen LogP contribution >= 0.6 is 0 Å². The van der Waals surface area contributed by atoms with Crippen molar-refractivity contribution in [1.29, 1.82) is 0 Å². The van der Waals surface area contributed by atoms with Gasteiger partial charge in [-0.3, -0.25) is 5.32 Å². The van der Waals surface area contributed by atoms with E-state index in [0.717, 1.165) is 29.0 Å². The number of hydrogen-bond donors (Lipinski definition) is 1. The molecule has 1 rings (SSSR count). The van der Waals surface area contributed by atoms with Crippen LogP contribution in [0, 0.1) is 13.8 Å². The molecule has 0 spiro atoms. The number of anilines is 1. The van der Waals surface area contributed by atoms with Crippen molar-refractivity contribution in [2.24, 2.45) is 0 Å². The molecule has 0 saturated carbocycles. The van der Waals surface area contributed by atoms with E-state index in [9.17, 15) is 4.79 Å². The molecule has 0 aliphatic heterocycles. The van der Waals surface area contributed by atoms with Crippen LogP contribution in [0.5, 0.6) is 5.75 Å². The third kappa shape index (κ3) is 4.47. The minimum Gasteiger partial charge on any atom is -0.493 e. The van der Waals surface area contributed by atoms with Gasteiger partial charge in [-0.15, -0.1) is 0 Å². The van der Waals surface area contributed by atoms with Gasteiger partial charge in [0.05, 0.1) is 6.61 Å². The zero-order valence-corrected chi connectivity index (χ0v) is 12.4. The summed E-state index contributed by atoms with van der Waals surface area (Å²) < 4.78 is 10.7. The molecule has 0 saturated heterocycles. The van der Waals surface area contributed by atoms with Crippen LogP contribution in [0.1, 0.15) is 38.3 Å². The Morgan fingerprint density at radius 3 is 2.32 bits per heavy atom. The normalized spacial score (nSPS) is 11.8. The lowest BCUT2D eigenvalue weighted by atomic mass is 10.1. The van der Waals surface area contributed by atoms with Gasteiger partial charge < -0.3 is 9.47 Å². The number of amides is 1. The second-order valence-corrected chi connectivity index (χ2v) is 4.62. The molecule has 0 aliphatic rings. The van der Waals surface area contributed by atoms with Gasteiger partial charge >= 0.3 is 6.09 Å². The van der Waals surface area contributed by atoms with Gasteiger partial charge in [-0.2, -0.15) is 0 Å². The maximum absolute atomic E-state index is 11.7. The summed E-state index contributed by atoms with van der Waals surface area (Å²) in [4.78, 5) is 11.7. The van der Waals surface area contributed by atoms with E-state index in [1.165, 1.54) is 0 Å². The zero-order chi connectivity index (χ0) is 14.4. The van der Waals surface area contributed by atoms with Crippen molar-refractivity contribution in [2.75, 3.05) is 11.9 Å². The Hall–Kier alpha value is -1.71. The predicted molar refractivity (Wildman–Crippen MR) is 76.9 cm³/mol. The number of carbonyl (C=O) groups is 1. The maximum atomic E-state index is 11.7. The molecule has 0 aromatic heterocycles. The van der Waals surface area contributed by atoms with Gasteiger partial charge in [0.2, 0.25) is 0 Å². The molecule has 1 aromatic carbocycles. The summed E-state index contributed by atoms with van der Waals surface area (Å²) in [5.74, 6) is 0.878. The van der Waals surface area contributed by atoms with Crippen LogP contribution in [-0.4, -0.2) is 18.8 Å². The van der Waals surface area contributed by atoms with Crippen molar-refractivity contribution >= 4 is 11.8 Å². The lowest BCUT2D eigenvalue weighted by molar-refractivity contribution is 0.118. The molecule has 0 bridgehead atoms. The summed E-state index contributed by atoms with van der Waals surface area (Å²) in [6.07, 6.45) is 0.302. The topological polar surface area (TPSA) is 47.6 Å². The van der Waals surface area contributed by atoms with Crippen molar-refractivity contribution in [3.63, 3.8) is 0 Å². The second-order valence-electron chi connectivity index (χ2n) is 4.62. The third-order valence-corrected chi connectivity index (χ3v) is 2.88. The number of benzene rings is 1. The minimum atomic E-state index is -0.419. The molecule has 0 aliphatic carbocycles. The number of hydrogen-bond acceptors (Lipinski definition) is 3. The Labute approximate surface area is 115 Å². The first-order valence-corrected chi connectivity index (χ1v) is 6.69. The monoisotopic (exact) mass is 265 g/mol. The molecule has 4 heteroatoms. The predicted octanol–water partition coefficient (Wildman–Crippen LogP) is 4.05. The van der Waals surface area contributed by atoms with Gasteiger partial charge in [0.25, 0.3) is 0 Å². The van der Waals surface area contributed by atoms with Gasteiger partial charge in [-0.1, -0.05) is 6.92 Å². The largest absolute Gasteiger partial charge is 0.493 e. The molecule has 1 unspecified atom stereocenters. The SMILES string of the molecule is CCOc1c(C)cc(NC(=O)OC(C)CC)cc1C. The summed E-state index contributed by atoms with van der Waals surface area (Å²) in [6.45, 7) is 10.3. The van der Waals surface area contributed by atoms with Crippen LogP contribution in [0.2, 0.25) is 0 Å². The van der Waals surface area contributed by atoms with Gasteiger partial charge in [0.1, 0.15) is 11.9 Å². The van der Waals surface area contributed by atoms with Crippen molar-refractivity contribution < 1.29 is 14.3 Å². The van der Waals surface area contributed by atoms with E-state index in [-0.39, 0.29) is 6.10 Å². The highest BCUT2D eigenvalue weighted by Crippen LogP contribution is 2.27. The summed E-state index contributed by atoms with van der Waals surface area (Å²) in [6, 6.07) is 3.77. The van der Waals surface area contributed by atoms with Crippen LogP contribution in [0.25, 0.3) is 0 Å². The average molecular weight is 265 g/mol. The van der Waals surface area contributed by atoms with Crippen molar-refractivity contribution in [3.8, 4) is 5.75 Å². The number of ether oxygens (including phenoxy) is 2. The Kier molecular flexibility index (Phi) is 5.67. The van der Waals surface area contributed by atoms with E-state index in [1.807, 2.05) is 46.8 Å². The van der Waals surface area contributed by atoms with Crippen LogP contribution in [0.4, 0.5) is 10.5 Å². The van der Waals surface area contributed by atoms with E-state index in [1.54, 1.807) is 0 Å². The number of nitrogens with one attached hydrogen (secondary N) is 1. The number of carbonyl (C=O) groups excluding carboxylic acids is 1. The van der Waals surface area contributed by atoms with Crippen molar-refractivity contribution in [1.82, 2.24) is 0 Å². The fourth-order valence-corrected chi connectivity index (χ4v) is 1.81. The Balaban J connectivity index is 2.77. The fourth-order valence-electron chi connectivity index (χ4n) is 1.81. The average Bonchev–Trinajstić information content (AvgIpc) is 2.33. The molecule has 106 valence electrons. The van der Waals surface area contributed by atoms with E-state index < -0.39 is 6.09 Å². The minimum absolute atomic E-state index is 0.0788. The van der Waals surface area contributed by atoms with E-state index in [4.69, 9.17) is 9.47 Å². The van der Waals surface area contributed by atoms with Crippen LogP contribution in [0.15, 0.2) is 12.1 Å². The molecule has 1 amide bonds. The zero-order valence-electron chi connectivity index (χ0n) is 12.4. The number of aryl methyl sites for hydroxylation is 2. The lowest BCUT2D eigenvalue weighted by Gasteiger charge is -2.15. The molecule has 0 fully saturated rings. The van der Waals surface area contributed by atoms with E-state index >= 15 is 0 Å². The molecule has 0 radical (unpaired) electrons. The molecule has 19 heavy (non-hydrogen) atoms. The Morgan fingerprint density at radius 2 is 1.84 bits per heavy atom. The highest BCUT2D eigenvalue weighted by atomic mass is 16.6. The third-order valence-electron chi connectivity index (χ3n) is 2.88. The molecule has 1 N–H and O–H groups in total. The van der Waals surface area contributed by atoms with Gasteiger partial charge in [0.15, 0.2) is 0 Å². The molecular formula is C15H23NO3. The number of rotatable bonds is 5. The molecule has 4 nitrogen and oxygen atoms in total. The van der Waals surface area contributed by atoms with Gasteiger partial charge in [-0.05, 0) is 57.4 Å². The summed E-state index contributed by atoms with van der Waals surface area (Å²) in [5.41, 5.74) is 2.73. The lowest BCUT2D eigenvalue weighted by Crippen LogP contribution is -2.19. The Bertz CT molecular complexity index is 420. The van der Waals surface area contributed by atoms with Crippen LogP contribution in [0.3, 0.4) is 0 Å². The first kappa shape index (κ1) is 15.3. The van der Waals surface area contributed by atoms with E-state index in [2.05, 4.69) is 5.32 Å². The summed E-state index contributed by atoms with van der Waals surface area (Å²) in [5, 5.41) is 2.74. The molecule has 1 aromatic rings. The van der Waals surface area contributed by atoms with E-state index in [0.29, 0.717) is 6.61 Å². The quantitative estimate of drug-likeness (QED) is 0.873. The first-order chi connectivity index (χ1) is 8.97. The maximum Gasteiger partial charge on any atom is 0.411 e. The van der Waals surface area contributed by atoms with Gasteiger partial charge in [-0.25, -0.2) is 4.79 Å². The molecular weight excluding hydrogens is 242 g/mol. The van der Waals surface area contributed by atoms with Crippen molar-refractivity contribution in [3.05, 3.63) is 23.3 Å².